The van der Waals surface area contributed by atoms with Crippen molar-refractivity contribution in [3.8, 4) is 0 Å². The number of H-pyrrole nitrogens is 1. The van der Waals surface area contributed by atoms with Gasteiger partial charge in [0.1, 0.15) is 0 Å². The molecule has 0 aliphatic heterocycles. The Kier molecular flexibility index (Phi) is 3.96. The fraction of sp³-hybridized carbons (Fsp3) is 0.278. The molecule has 120 valence electrons. The van der Waals surface area contributed by atoms with E-state index < -0.39 is 0 Å². The third-order valence-electron chi connectivity index (χ3n) is 4.17. The van der Waals surface area contributed by atoms with Gasteiger partial charge in [0, 0.05) is 36.7 Å². The summed E-state index contributed by atoms with van der Waals surface area (Å²) in [5, 5.41) is 1.35. The number of fused-ring (bicyclic) bond motifs is 2. The van der Waals surface area contributed by atoms with E-state index in [4.69, 9.17) is 5.73 Å². The average Bonchev–Trinajstić information content (AvgIpc) is 2.54. The van der Waals surface area contributed by atoms with Crippen LogP contribution in [0.25, 0.3) is 21.8 Å². The smallest absolute Gasteiger partial charge is 0.199 e. The predicted octanol–water partition coefficient (Wildman–Crippen LogP) is 2.26. The number of nitrogens with zero attached hydrogens (tertiary/aromatic N) is 2. The Balaban J connectivity index is 2.25. The van der Waals surface area contributed by atoms with Crippen molar-refractivity contribution in [2.24, 2.45) is 0 Å². The summed E-state index contributed by atoms with van der Waals surface area (Å²) in [5.74, 6) is 0. The average molecular weight is 310 g/mol. The van der Waals surface area contributed by atoms with Gasteiger partial charge in [0.25, 0.3) is 0 Å². The Bertz CT molecular complexity index is 914. The molecule has 0 amide bonds. The number of aromatic nitrogens is 1. The molecule has 1 heterocycles. The molecule has 3 rings (SSSR count). The molecule has 23 heavy (non-hydrogen) atoms. The molecular formula is C18H22N4O. The lowest BCUT2D eigenvalue weighted by atomic mass is 10.1. The molecule has 0 atom stereocenters. The first-order valence-electron chi connectivity index (χ1n) is 7.68. The van der Waals surface area contributed by atoms with E-state index in [1.807, 2.05) is 57.5 Å². The summed E-state index contributed by atoms with van der Waals surface area (Å²) >= 11 is 0. The summed E-state index contributed by atoms with van der Waals surface area (Å²) in [6.45, 7) is 1.74. The molecule has 0 fully saturated rings. The van der Waals surface area contributed by atoms with Crippen LogP contribution in [-0.2, 0) is 0 Å². The minimum atomic E-state index is 0.0216. The van der Waals surface area contributed by atoms with E-state index in [1.54, 1.807) is 0 Å². The highest BCUT2D eigenvalue weighted by atomic mass is 16.1. The number of hydrogen-bond donors (Lipinski definition) is 2. The first-order chi connectivity index (χ1) is 11.0. The highest BCUT2D eigenvalue weighted by Crippen LogP contribution is 2.28. The van der Waals surface area contributed by atoms with E-state index in [2.05, 4.69) is 14.8 Å². The minimum Gasteiger partial charge on any atom is -0.397 e. The summed E-state index contributed by atoms with van der Waals surface area (Å²) in [7, 11) is 6.08. The van der Waals surface area contributed by atoms with E-state index >= 15 is 0 Å². The van der Waals surface area contributed by atoms with E-state index in [-0.39, 0.29) is 5.43 Å². The summed E-state index contributed by atoms with van der Waals surface area (Å²) in [4.78, 5) is 20.5. The number of nitrogen functional groups attached to an aromatic ring is 1. The van der Waals surface area contributed by atoms with Crippen molar-refractivity contribution in [3.63, 3.8) is 0 Å². The molecule has 0 unspecified atom stereocenters. The molecule has 5 nitrogen and oxygen atoms in total. The van der Waals surface area contributed by atoms with Crippen LogP contribution in [0.4, 0.5) is 11.4 Å². The maximum absolute atomic E-state index is 13.0. The molecule has 0 saturated carbocycles. The number of nitrogens with two attached hydrogens (primary N) is 1. The van der Waals surface area contributed by atoms with Crippen molar-refractivity contribution in [2.45, 2.75) is 0 Å². The quantitative estimate of drug-likeness (QED) is 0.573. The zero-order chi connectivity index (χ0) is 16.6. The van der Waals surface area contributed by atoms with Gasteiger partial charge in [-0.1, -0.05) is 12.1 Å². The lowest BCUT2D eigenvalue weighted by Gasteiger charge is -2.23. The number of hydrogen-bond acceptors (Lipinski definition) is 4. The predicted molar refractivity (Wildman–Crippen MR) is 98.3 cm³/mol. The van der Waals surface area contributed by atoms with E-state index in [1.165, 1.54) is 0 Å². The molecule has 3 aromatic rings. The van der Waals surface area contributed by atoms with Gasteiger partial charge in [-0.15, -0.1) is 0 Å². The normalized spacial score (nSPS) is 11.5. The van der Waals surface area contributed by atoms with Gasteiger partial charge in [0.2, 0.25) is 0 Å². The Morgan fingerprint density at radius 2 is 1.78 bits per heavy atom. The number of rotatable bonds is 4. The second-order valence-electron chi connectivity index (χ2n) is 6.15. The molecule has 0 aliphatic carbocycles. The number of anilines is 2. The van der Waals surface area contributed by atoms with E-state index in [9.17, 15) is 4.79 Å². The highest BCUT2D eigenvalue weighted by Gasteiger charge is 2.14. The third-order valence-corrected chi connectivity index (χ3v) is 4.17. The molecule has 0 aliphatic rings. The molecular weight excluding hydrogens is 288 g/mol. The van der Waals surface area contributed by atoms with E-state index in [0.29, 0.717) is 22.0 Å². The SMILES string of the molecule is CN(C)CCN(C)c1ccc(N)c2[nH]c3ccccc3c(=O)c12. The highest BCUT2D eigenvalue weighted by molar-refractivity contribution is 6.04. The first kappa shape index (κ1) is 15.4. The van der Waals surface area contributed by atoms with Crippen molar-refractivity contribution in [1.29, 1.82) is 0 Å². The minimum absolute atomic E-state index is 0.0216. The standard InChI is InChI=1S/C18H22N4O/c1-21(2)10-11-22(3)15-9-8-13(19)17-16(15)18(23)12-6-4-5-7-14(12)20-17/h4-9H,10-11,19H2,1-3H3,(H,20,23). The van der Waals surface area contributed by atoms with Crippen LogP contribution in [0.5, 0.6) is 0 Å². The second kappa shape index (κ2) is 5.93. The van der Waals surface area contributed by atoms with Crippen LogP contribution >= 0.6 is 0 Å². The van der Waals surface area contributed by atoms with Crippen LogP contribution in [-0.4, -0.2) is 44.1 Å². The van der Waals surface area contributed by atoms with Crippen LogP contribution in [0.2, 0.25) is 0 Å². The molecule has 1 aromatic heterocycles. The molecule has 3 N–H and O–H groups in total. The van der Waals surface area contributed by atoms with Crippen molar-refractivity contribution in [3.05, 3.63) is 46.6 Å². The number of pyridine rings is 1. The van der Waals surface area contributed by atoms with Crippen LogP contribution in [0.15, 0.2) is 41.2 Å². The molecule has 0 radical (unpaired) electrons. The van der Waals surface area contributed by atoms with E-state index in [0.717, 1.165) is 24.3 Å². The largest absolute Gasteiger partial charge is 0.397 e. The van der Waals surface area contributed by atoms with Crippen molar-refractivity contribution in [1.82, 2.24) is 9.88 Å². The van der Waals surface area contributed by atoms with Crippen molar-refractivity contribution >= 4 is 33.2 Å². The molecule has 2 aromatic carbocycles. The Morgan fingerprint density at radius 1 is 1.04 bits per heavy atom. The van der Waals surface area contributed by atoms with Crippen LogP contribution < -0.4 is 16.1 Å². The number of nitrogens with one attached hydrogen (secondary N) is 1. The summed E-state index contributed by atoms with van der Waals surface area (Å²) in [6, 6.07) is 11.3. The zero-order valence-corrected chi connectivity index (χ0v) is 13.8. The van der Waals surface area contributed by atoms with Gasteiger partial charge in [-0.2, -0.15) is 0 Å². The monoisotopic (exact) mass is 310 g/mol. The van der Waals surface area contributed by atoms with Crippen LogP contribution in [0.1, 0.15) is 0 Å². The van der Waals surface area contributed by atoms with Gasteiger partial charge >= 0.3 is 0 Å². The fourth-order valence-corrected chi connectivity index (χ4v) is 2.82. The maximum atomic E-state index is 13.0. The first-order valence-corrected chi connectivity index (χ1v) is 7.68. The van der Waals surface area contributed by atoms with Gasteiger partial charge in [0.05, 0.1) is 16.6 Å². The van der Waals surface area contributed by atoms with Crippen molar-refractivity contribution in [2.75, 3.05) is 44.9 Å². The molecule has 0 spiro atoms. The summed E-state index contributed by atoms with van der Waals surface area (Å²) in [6.07, 6.45) is 0. The van der Waals surface area contributed by atoms with Gasteiger partial charge in [-0.05, 0) is 38.4 Å². The van der Waals surface area contributed by atoms with Gasteiger partial charge < -0.3 is 20.5 Å². The number of aromatic amines is 1. The Morgan fingerprint density at radius 3 is 2.52 bits per heavy atom. The Labute approximate surface area is 135 Å². The topological polar surface area (TPSA) is 65.4 Å². The maximum Gasteiger partial charge on any atom is 0.199 e. The van der Waals surface area contributed by atoms with Gasteiger partial charge in [0.15, 0.2) is 5.43 Å². The molecule has 0 bridgehead atoms. The third kappa shape index (κ3) is 2.75. The fourth-order valence-electron chi connectivity index (χ4n) is 2.82. The lowest BCUT2D eigenvalue weighted by molar-refractivity contribution is 0.416. The zero-order valence-electron chi connectivity index (χ0n) is 13.8. The molecule has 5 heteroatoms. The second-order valence-corrected chi connectivity index (χ2v) is 6.15. The lowest BCUT2D eigenvalue weighted by Crippen LogP contribution is -2.29. The number of likely N-dealkylation sites (N-methyl/N-ethyl adjacent to an activating group) is 2. The van der Waals surface area contributed by atoms with Gasteiger partial charge in [-0.3, -0.25) is 4.79 Å². The van der Waals surface area contributed by atoms with Gasteiger partial charge in [-0.25, -0.2) is 0 Å². The van der Waals surface area contributed by atoms with Crippen LogP contribution in [0, 0.1) is 0 Å². The summed E-state index contributed by atoms with van der Waals surface area (Å²) < 4.78 is 0. The van der Waals surface area contributed by atoms with Crippen LogP contribution in [0.3, 0.4) is 0 Å². The molecule has 0 saturated heterocycles. The number of para-hydroxylation sites is 1. The summed E-state index contributed by atoms with van der Waals surface area (Å²) in [5.41, 5.74) is 9.15. The Hall–Kier alpha value is -2.53. The number of benzene rings is 2. The van der Waals surface area contributed by atoms with Crippen molar-refractivity contribution < 1.29 is 0 Å².